The van der Waals surface area contributed by atoms with Gasteiger partial charge in [0.25, 0.3) is 0 Å². The number of hydrogen-bond donors (Lipinski definition) is 1. The van der Waals surface area contributed by atoms with E-state index in [4.69, 9.17) is 4.74 Å². The van der Waals surface area contributed by atoms with Crippen LogP contribution >= 0.6 is 0 Å². The molecular formula is C12H19FN4O. The molecule has 0 aliphatic carbocycles. The summed E-state index contributed by atoms with van der Waals surface area (Å²) in [6, 6.07) is 0. The number of anilines is 1. The molecule has 0 aromatic carbocycles. The van der Waals surface area contributed by atoms with Gasteiger partial charge in [0.1, 0.15) is 6.33 Å². The van der Waals surface area contributed by atoms with Gasteiger partial charge < -0.3 is 10.1 Å². The zero-order valence-electron chi connectivity index (χ0n) is 10.7. The maximum absolute atomic E-state index is 13.8. The van der Waals surface area contributed by atoms with E-state index in [0.717, 1.165) is 32.8 Å². The summed E-state index contributed by atoms with van der Waals surface area (Å²) in [6.07, 6.45) is 1.98. The first-order valence-electron chi connectivity index (χ1n) is 6.34. The number of ether oxygens (including phenoxy) is 1. The summed E-state index contributed by atoms with van der Waals surface area (Å²) >= 11 is 0. The van der Waals surface area contributed by atoms with E-state index in [0.29, 0.717) is 24.5 Å². The molecule has 1 aliphatic rings. The van der Waals surface area contributed by atoms with Crippen LogP contribution in [0.25, 0.3) is 0 Å². The van der Waals surface area contributed by atoms with E-state index in [1.165, 1.54) is 6.33 Å². The van der Waals surface area contributed by atoms with E-state index in [-0.39, 0.29) is 5.82 Å². The van der Waals surface area contributed by atoms with Gasteiger partial charge in [-0.1, -0.05) is 6.92 Å². The highest BCUT2D eigenvalue weighted by molar-refractivity contribution is 5.37. The Balaban J connectivity index is 1.82. The molecule has 1 fully saturated rings. The Morgan fingerprint density at radius 1 is 1.39 bits per heavy atom. The number of aryl methyl sites for hydroxylation is 1. The van der Waals surface area contributed by atoms with Crippen LogP contribution in [-0.2, 0) is 11.2 Å². The molecule has 18 heavy (non-hydrogen) atoms. The topological polar surface area (TPSA) is 50.3 Å². The molecule has 0 radical (unpaired) electrons. The van der Waals surface area contributed by atoms with Crippen molar-refractivity contribution < 1.29 is 9.13 Å². The lowest BCUT2D eigenvalue weighted by atomic mass is 10.3. The average molecular weight is 254 g/mol. The summed E-state index contributed by atoms with van der Waals surface area (Å²) in [5, 5.41) is 3.03. The highest BCUT2D eigenvalue weighted by Crippen LogP contribution is 2.12. The second kappa shape index (κ2) is 6.61. The van der Waals surface area contributed by atoms with Crippen molar-refractivity contribution in [1.29, 1.82) is 0 Å². The molecule has 0 amide bonds. The van der Waals surface area contributed by atoms with E-state index in [9.17, 15) is 4.39 Å². The van der Waals surface area contributed by atoms with Crippen LogP contribution in [0.5, 0.6) is 0 Å². The van der Waals surface area contributed by atoms with Crippen LogP contribution in [0.1, 0.15) is 12.6 Å². The summed E-state index contributed by atoms with van der Waals surface area (Å²) in [4.78, 5) is 10.1. The second-order valence-corrected chi connectivity index (χ2v) is 4.22. The van der Waals surface area contributed by atoms with Crippen molar-refractivity contribution >= 4 is 5.82 Å². The van der Waals surface area contributed by atoms with Crippen molar-refractivity contribution in [2.75, 3.05) is 44.7 Å². The third kappa shape index (κ3) is 3.36. The summed E-state index contributed by atoms with van der Waals surface area (Å²) in [5.41, 5.74) is 0.457. The average Bonchev–Trinajstić information content (AvgIpc) is 2.42. The predicted octanol–water partition coefficient (Wildman–Crippen LogP) is 0.922. The van der Waals surface area contributed by atoms with Gasteiger partial charge in [-0.05, 0) is 6.42 Å². The van der Waals surface area contributed by atoms with Crippen LogP contribution < -0.4 is 5.32 Å². The fourth-order valence-corrected chi connectivity index (χ4v) is 1.93. The van der Waals surface area contributed by atoms with Gasteiger partial charge in [0, 0.05) is 26.2 Å². The standard InChI is InChI=1S/C12H19FN4O/c1-2-10-11(13)12(16-9-15-10)14-3-4-17-5-7-18-8-6-17/h9H,2-8H2,1H3,(H,14,15,16). The van der Waals surface area contributed by atoms with Gasteiger partial charge in [0.05, 0.1) is 18.9 Å². The predicted molar refractivity (Wildman–Crippen MR) is 67.1 cm³/mol. The molecule has 1 N–H and O–H groups in total. The Morgan fingerprint density at radius 3 is 2.89 bits per heavy atom. The van der Waals surface area contributed by atoms with Crippen LogP contribution in [0.4, 0.5) is 10.2 Å². The number of hydrogen-bond acceptors (Lipinski definition) is 5. The molecule has 100 valence electrons. The fourth-order valence-electron chi connectivity index (χ4n) is 1.93. The normalized spacial score (nSPS) is 16.8. The zero-order valence-corrected chi connectivity index (χ0v) is 10.7. The highest BCUT2D eigenvalue weighted by Gasteiger charge is 2.11. The van der Waals surface area contributed by atoms with Crippen LogP contribution in [0.15, 0.2) is 6.33 Å². The summed E-state index contributed by atoms with van der Waals surface area (Å²) in [6.45, 7) is 6.86. The lowest BCUT2D eigenvalue weighted by molar-refractivity contribution is 0.0398. The molecule has 1 aromatic heterocycles. The Morgan fingerprint density at radius 2 is 2.17 bits per heavy atom. The van der Waals surface area contributed by atoms with Crippen LogP contribution in [-0.4, -0.2) is 54.3 Å². The number of rotatable bonds is 5. The molecule has 0 saturated carbocycles. The minimum absolute atomic E-state index is 0.301. The number of morpholine rings is 1. The van der Waals surface area contributed by atoms with Crippen LogP contribution in [0.3, 0.4) is 0 Å². The first-order chi connectivity index (χ1) is 8.81. The Labute approximate surface area is 106 Å². The molecule has 0 atom stereocenters. The summed E-state index contributed by atoms with van der Waals surface area (Å²) in [7, 11) is 0. The van der Waals surface area contributed by atoms with Gasteiger partial charge in [-0.15, -0.1) is 0 Å². The van der Waals surface area contributed by atoms with Gasteiger partial charge in [-0.3, -0.25) is 4.90 Å². The van der Waals surface area contributed by atoms with Gasteiger partial charge >= 0.3 is 0 Å². The molecule has 2 heterocycles. The Hall–Kier alpha value is -1.27. The Kier molecular flexibility index (Phi) is 4.83. The molecule has 0 unspecified atom stereocenters. The molecular weight excluding hydrogens is 235 g/mol. The molecule has 1 saturated heterocycles. The highest BCUT2D eigenvalue weighted by atomic mass is 19.1. The largest absolute Gasteiger partial charge is 0.379 e. The minimum Gasteiger partial charge on any atom is -0.379 e. The third-order valence-electron chi connectivity index (χ3n) is 3.02. The van der Waals surface area contributed by atoms with Gasteiger partial charge in [0.2, 0.25) is 0 Å². The van der Waals surface area contributed by atoms with Crippen molar-refractivity contribution in [2.45, 2.75) is 13.3 Å². The maximum Gasteiger partial charge on any atom is 0.186 e. The first kappa shape index (κ1) is 13.2. The van der Waals surface area contributed by atoms with Crippen LogP contribution in [0.2, 0.25) is 0 Å². The molecule has 0 bridgehead atoms. The maximum atomic E-state index is 13.8. The number of aromatic nitrogens is 2. The molecule has 1 aliphatic heterocycles. The molecule has 6 heteroatoms. The lowest BCUT2D eigenvalue weighted by Crippen LogP contribution is -2.39. The number of halogens is 1. The second-order valence-electron chi connectivity index (χ2n) is 4.22. The monoisotopic (exact) mass is 254 g/mol. The van der Waals surface area contributed by atoms with Crippen molar-refractivity contribution in [2.24, 2.45) is 0 Å². The number of nitrogens with one attached hydrogen (secondary N) is 1. The SMILES string of the molecule is CCc1ncnc(NCCN2CCOCC2)c1F. The van der Waals surface area contributed by atoms with Crippen molar-refractivity contribution in [3.63, 3.8) is 0 Å². The van der Waals surface area contributed by atoms with E-state index >= 15 is 0 Å². The van der Waals surface area contributed by atoms with E-state index in [2.05, 4.69) is 20.2 Å². The zero-order chi connectivity index (χ0) is 12.8. The van der Waals surface area contributed by atoms with Crippen molar-refractivity contribution in [3.8, 4) is 0 Å². The smallest absolute Gasteiger partial charge is 0.186 e. The molecule has 0 spiro atoms. The van der Waals surface area contributed by atoms with Gasteiger partial charge in [0.15, 0.2) is 11.6 Å². The van der Waals surface area contributed by atoms with Crippen LogP contribution in [0, 0.1) is 5.82 Å². The molecule has 1 aromatic rings. The summed E-state index contributed by atoms with van der Waals surface area (Å²) < 4.78 is 19.1. The first-order valence-corrected chi connectivity index (χ1v) is 6.34. The third-order valence-corrected chi connectivity index (χ3v) is 3.02. The molecule has 2 rings (SSSR count). The molecule has 5 nitrogen and oxygen atoms in total. The van der Waals surface area contributed by atoms with Crippen molar-refractivity contribution in [3.05, 3.63) is 17.8 Å². The fraction of sp³-hybridized carbons (Fsp3) is 0.667. The lowest BCUT2D eigenvalue weighted by Gasteiger charge is -2.26. The van der Waals surface area contributed by atoms with Gasteiger partial charge in [-0.2, -0.15) is 0 Å². The quantitative estimate of drug-likeness (QED) is 0.847. The summed E-state index contributed by atoms with van der Waals surface area (Å²) in [5.74, 6) is -0.0305. The van der Waals surface area contributed by atoms with E-state index < -0.39 is 0 Å². The van der Waals surface area contributed by atoms with E-state index in [1.807, 2.05) is 6.92 Å². The van der Waals surface area contributed by atoms with Gasteiger partial charge in [-0.25, -0.2) is 14.4 Å². The minimum atomic E-state index is -0.332. The van der Waals surface area contributed by atoms with Crippen molar-refractivity contribution in [1.82, 2.24) is 14.9 Å². The Bertz CT molecular complexity index is 382. The number of nitrogens with zero attached hydrogens (tertiary/aromatic N) is 3. The van der Waals surface area contributed by atoms with E-state index in [1.54, 1.807) is 0 Å².